The number of rotatable bonds is 3. The molecule has 1 aliphatic heterocycles. The van der Waals surface area contributed by atoms with Crippen molar-refractivity contribution in [2.24, 2.45) is 5.92 Å². The molecule has 0 spiro atoms. The molecule has 1 saturated carbocycles. The fraction of sp³-hybridized carbons (Fsp3) is 0.818. The summed E-state index contributed by atoms with van der Waals surface area (Å²) in [6.45, 7) is 1.53. The SMILES string of the molecule is C(=C\C1CCCC1)/CC1OCCO1. The van der Waals surface area contributed by atoms with E-state index in [0.29, 0.717) is 0 Å². The molecule has 0 unspecified atom stereocenters. The molecule has 1 aliphatic carbocycles. The molecule has 0 aromatic carbocycles. The highest BCUT2D eigenvalue weighted by Crippen LogP contribution is 2.25. The summed E-state index contributed by atoms with van der Waals surface area (Å²) in [5.41, 5.74) is 0. The molecule has 0 atom stereocenters. The molecule has 0 aromatic rings. The van der Waals surface area contributed by atoms with Gasteiger partial charge in [-0.25, -0.2) is 0 Å². The van der Waals surface area contributed by atoms with Crippen LogP contribution in [0, 0.1) is 5.92 Å². The van der Waals surface area contributed by atoms with Crippen LogP contribution in [-0.4, -0.2) is 19.5 Å². The molecule has 1 heterocycles. The van der Waals surface area contributed by atoms with Crippen molar-refractivity contribution in [2.75, 3.05) is 13.2 Å². The largest absolute Gasteiger partial charge is 0.350 e. The maximum atomic E-state index is 5.34. The average molecular weight is 182 g/mol. The molecule has 2 heteroatoms. The van der Waals surface area contributed by atoms with E-state index in [9.17, 15) is 0 Å². The van der Waals surface area contributed by atoms with Crippen molar-refractivity contribution in [1.82, 2.24) is 0 Å². The predicted molar refractivity (Wildman–Crippen MR) is 51.4 cm³/mol. The zero-order valence-electron chi connectivity index (χ0n) is 8.08. The van der Waals surface area contributed by atoms with Crippen molar-refractivity contribution < 1.29 is 9.47 Å². The van der Waals surface area contributed by atoms with E-state index in [4.69, 9.17) is 9.47 Å². The molecule has 2 rings (SSSR count). The van der Waals surface area contributed by atoms with E-state index in [-0.39, 0.29) is 6.29 Å². The fourth-order valence-electron chi connectivity index (χ4n) is 2.08. The van der Waals surface area contributed by atoms with Crippen LogP contribution in [-0.2, 0) is 9.47 Å². The fourth-order valence-corrected chi connectivity index (χ4v) is 2.08. The molecular formula is C11H18O2. The summed E-state index contributed by atoms with van der Waals surface area (Å²) >= 11 is 0. The molecule has 13 heavy (non-hydrogen) atoms. The van der Waals surface area contributed by atoms with Gasteiger partial charge < -0.3 is 9.47 Å². The zero-order chi connectivity index (χ0) is 8.93. The summed E-state index contributed by atoms with van der Waals surface area (Å²) in [7, 11) is 0. The van der Waals surface area contributed by atoms with Crippen LogP contribution in [0.1, 0.15) is 32.1 Å². The lowest BCUT2D eigenvalue weighted by atomic mass is 10.1. The highest BCUT2D eigenvalue weighted by atomic mass is 16.7. The molecule has 2 aliphatic rings. The molecule has 0 amide bonds. The van der Waals surface area contributed by atoms with Crippen LogP contribution in [0.4, 0.5) is 0 Å². The van der Waals surface area contributed by atoms with E-state index in [2.05, 4.69) is 12.2 Å². The first-order valence-electron chi connectivity index (χ1n) is 5.35. The van der Waals surface area contributed by atoms with E-state index < -0.39 is 0 Å². The van der Waals surface area contributed by atoms with Crippen molar-refractivity contribution >= 4 is 0 Å². The van der Waals surface area contributed by atoms with Crippen molar-refractivity contribution in [1.29, 1.82) is 0 Å². The normalized spacial score (nSPS) is 26.5. The van der Waals surface area contributed by atoms with Crippen LogP contribution in [0.3, 0.4) is 0 Å². The van der Waals surface area contributed by atoms with E-state index in [1.807, 2.05) is 0 Å². The molecule has 0 N–H and O–H groups in total. The first kappa shape index (κ1) is 9.22. The number of allylic oxidation sites excluding steroid dienone is 1. The lowest BCUT2D eigenvalue weighted by Gasteiger charge is -2.05. The van der Waals surface area contributed by atoms with Crippen molar-refractivity contribution in [3.63, 3.8) is 0 Å². The topological polar surface area (TPSA) is 18.5 Å². The summed E-state index contributed by atoms with van der Waals surface area (Å²) in [5.74, 6) is 0.835. The molecule has 0 bridgehead atoms. The molecule has 0 aromatic heterocycles. The Balaban J connectivity index is 1.65. The Morgan fingerprint density at radius 3 is 2.46 bits per heavy atom. The third-order valence-electron chi connectivity index (χ3n) is 2.83. The summed E-state index contributed by atoms with van der Waals surface area (Å²) < 4.78 is 10.7. The van der Waals surface area contributed by atoms with Crippen LogP contribution in [0.2, 0.25) is 0 Å². The second-order valence-electron chi connectivity index (χ2n) is 3.88. The summed E-state index contributed by atoms with van der Waals surface area (Å²) in [6, 6.07) is 0. The quantitative estimate of drug-likeness (QED) is 0.624. The van der Waals surface area contributed by atoms with Crippen LogP contribution in [0.15, 0.2) is 12.2 Å². The standard InChI is InChI=1S/C11H18O2/c1-2-5-10(4-1)6-3-7-11-12-8-9-13-11/h3,6,10-11H,1-2,4-5,7-9H2/b6-3+. The maximum absolute atomic E-state index is 5.34. The second-order valence-corrected chi connectivity index (χ2v) is 3.88. The summed E-state index contributed by atoms with van der Waals surface area (Å²) in [6.07, 6.45) is 11.1. The van der Waals surface area contributed by atoms with Gasteiger partial charge in [-0.15, -0.1) is 0 Å². The number of hydrogen-bond donors (Lipinski definition) is 0. The van der Waals surface area contributed by atoms with Crippen molar-refractivity contribution in [2.45, 2.75) is 38.4 Å². The Morgan fingerprint density at radius 1 is 1.08 bits per heavy atom. The Bertz CT molecular complexity index is 165. The van der Waals surface area contributed by atoms with Crippen molar-refractivity contribution in [3.05, 3.63) is 12.2 Å². The molecule has 0 radical (unpaired) electrons. The minimum atomic E-state index is 0.0395. The van der Waals surface area contributed by atoms with Crippen LogP contribution in [0.5, 0.6) is 0 Å². The maximum Gasteiger partial charge on any atom is 0.161 e. The first-order valence-corrected chi connectivity index (χ1v) is 5.35. The van der Waals surface area contributed by atoms with E-state index >= 15 is 0 Å². The smallest absolute Gasteiger partial charge is 0.161 e. The van der Waals surface area contributed by atoms with Gasteiger partial charge in [0.2, 0.25) is 0 Å². The Kier molecular flexibility index (Phi) is 3.39. The second kappa shape index (κ2) is 4.77. The van der Waals surface area contributed by atoms with Gasteiger partial charge in [-0.05, 0) is 18.8 Å². The van der Waals surface area contributed by atoms with Gasteiger partial charge >= 0.3 is 0 Å². The van der Waals surface area contributed by atoms with E-state index in [1.165, 1.54) is 25.7 Å². The lowest BCUT2D eigenvalue weighted by Crippen LogP contribution is -2.05. The van der Waals surface area contributed by atoms with Crippen molar-refractivity contribution in [3.8, 4) is 0 Å². The zero-order valence-corrected chi connectivity index (χ0v) is 8.08. The van der Waals surface area contributed by atoms with Gasteiger partial charge in [0.25, 0.3) is 0 Å². The van der Waals surface area contributed by atoms with Gasteiger partial charge in [-0.2, -0.15) is 0 Å². The van der Waals surface area contributed by atoms with Gasteiger partial charge in [-0.3, -0.25) is 0 Å². The molecular weight excluding hydrogens is 164 g/mol. The molecule has 1 saturated heterocycles. The minimum Gasteiger partial charge on any atom is -0.350 e. The lowest BCUT2D eigenvalue weighted by molar-refractivity contribution is -0.0381. The van der Waals surface area contributed by atoms with Crippen LogP contribution < -0.4 is 0 Å². The molecule has 2 fully saturated rings. The highest BCUT2D eigenvalue weighted by Gasteiger charge is 2.15. The van der Waals surface area contributed by atoms with Gasteiger partial charge in [-0.1, -0.05) is 25.0 Å². The minimum absolute atomic E-state index is 0.0395. The molecule has 74 valence electrons. The van der Waals surface area contributed by atoms with Gasteiger partial charge in [0.05, 0.1) is 13.2 Å². The van der Waals surface area contributed by atoms with Gasteiger partial charge in [0, 0.05) is 6.42 Å². The third kappa shape index (κ3) is 2.82. The predicted octanol–water partition coefficient (Wildman–Crippen LogP) is 2.50. The first-order chi connectivity index (χ1) is 6.45. The van der Waals surface area contributed by atoms with Crippen LogP contribution >= 0.6 is 0 Å². The number of hydrogen-bond acceptors (Lipinski definition) is 2. The third-order valence-corrected chi connectivity index (χ3v) is 2.83. The van der Waals surface area contributed by atoms with Gasteiger partial charge in [0.15, 0.2) is 6.29 Å². The highest BCUT2D eigenvalue weighted by molar-refractivity contribution is 4.91. The Hall–Kier alpha value is -0.340. The Labute approximate surface area is 79.9 Å². The van der Waals surface area contributed by atoms with E-state index in [1.54, 1.807) is 0 Å². The average Bonchev–Trinajstić information content (AvgIpc) is 2.75. The van der Waals surface area contributed by atoms with E-state index in [0.717, 1.165) is 25.6 Å². The number of ether oxygens (including phenoxy) is 2. The summed E-state index contributed by atoms with van der Waals surface area (Å²) in [4.78, 5) is 0. The molecule has 2 nitrogen and oxygen atoms in total. The van der Waals surface area contributed by atoms with Gasteiger partial charge in [0.1, 0.15) is 0 Å². The monoisotopic (exact) mass is 182 g/mol. The Morgan fingerprint density at radius 2 is 1.77 bits per heavy atom. The van der Waals surface area contributed by atoms with Crippen LogP contribution in [0.25, 0.3) is 0 Å². The summed E-state index contributed by atoms with van der Waals surface area (Å²) in [5, 5.41) is 0.